The highest BCUT2D eigenvalue weighted by Crippen LogP contribution is 2.45. The number of hydrogen-bond acceptors (Lipinski definition) is 2. The lowest BCUT2D eigenvalue weighted by Gasteiger charge is -2.07. The molecule has 0 aliphatic heterocycles. The molecule has 1 saturated carbocycles. The first-order valence-corrected chi connectivity index (χ1v) is 5.34. The molecule has 2 heteroatoms. The third-order valence-electron chi connectivity index (χ3n) is 2.35. The van der Waals surface area contributed by atoms with Gasteiger partial charge in [-0.3, -0.25) is 0 Å². The molecule has 1 aromatic rings. The molecule has 0 unspecified atom stereocenters. The zero-order chi connectivity index (χ0) is 8.60. The van der Waals surface area contributed by atoms with Crippen LogP contribution in [0.3, 0.4) is 0 Å². The molecule has 0 aromatic heterocycles. The summed E-state index contributed by atoms with van der Waals surface area (Å²) in [6, 6.07) is 8.18. The Morgan fingerprint density at radius 3 is 2.25 bits per heavy atom. The van der Waals surface area contributed by atoms with Crippen LogP contribution in [-0.2, 0) is 5.60 Å². The summed E-state index contributed by atoms with van der Waals surface area (Å²) < 4.78 is 0. The molecule has 0 bridgehead atoms. The monoisotopic (exact) mass is 180 g/mol. The van der Waals surface area contributed by atoms with Crippen LogP contribution in [-0.4, -0.2) is 11.4 Å². The lowest BCUT2D eigenvalue weighted by molar-refractivity contribution is 0.151. The minimum Gasteiger partial charge on any atom is -0.385 e. The van der Waals surface area contributed by atoms with E-state index >= 15 is 0 Å². The first-order chi connectivity index (χ1) is 5.74. The highest BCUT2D eigenvalue weighted by atomic mass is 32.2. The molecule has 0 saturated heterocycles. The second kappa shape index (κ2) is 2.79. The van der Waals surface area contributed by atoms with Crippen LogP contribution < -0.4 is 0 Å². The maximum atomic E-state index is 9.76. The van der Waals surface area contributed by atoms with Gasteiger partial charge in [0, 0.05) is 4.90 Å². The Morgan fingerprint density at radius 2 is 1.83 bits per heavy atom. The molecule has 1 nitrogen and oxygen atoms in total. The van der Waals surface area contributed by atoms with E-state index in [0.29, 0.717) is 0 Å². The van der Waals surface area contributed by atoms with Crippen LogP contribution in [0.25, 0.3) is 0 Å². The summed E-state index contributed by atoms with van der Waals surface area (Å²) in [6.45, 7) is 0. The largest absolute Gasteiger partial charge is 0.385 e. The SMILES string of the molecule is CSc1ccc(C2(O)CC2)cc1. The van der Waals surface area contributed by atoms with Gasteiger partial charge in [-0.1, -0.05) is 12.1 Å². The van der Waals surface area contributed by atoms with Crippen molar-refractivity contribution in [2.24, 2.45) is 0 Å². The molecule has 0 amide bonds. The fourth-order valence-corrected chi connectivity index (χ4v) is 1.72. The predicted octanol–water partition coefficient (Wildman–Crippen LogP) is 2.39. The maximum Gasteiger partial charge on any atom is 0.0899 e. The van der Waals surface area contributed by atoms with Crippen LogP contribution in [0.15, 0.2) is 29.2 Å². The molecular formula is C10H12OS. The number of rotatable bonds is 2. The molecule has 0 atom stereocenters. The summed E-state index contributed by atoms with van der Waals surface area (Å²) >= 11 is 1.73. The second-order valence-electron chi connectivity index (χ2n) is 3.26. The van der Waals surface area contributed by atoms with Crippen molar-refractivity contribution in [1.82, 2.24) is 0 Å². The fraction of sp³-hybridized carbons (Fsp3) is 0.400. The van der Waals surface area contributed by atoms with E-state index in [1.54, 1.807) is 11.8 Å². The Morgan fingerprint density at radius 1 is 1.25 bits per heavy atom. The smallest absolute Gasteiger partial charge is 0.0899 e. The standard InChI is InChI=1S/C10H12OS/c1-12-9-4-2-8(3-5-9)10(11)6-7-10/h2-5,11H,6-7H2,1H3. The first-order valence-electron chi connectivity index (χ1n) is 4.11. The van der Waals surface area contributed by atoms with Gasteiger partial charge in [-0.25, -0.2) is 0 Å². The van der Waals surface area contributed by atoms with Gasteiger partial charge in [-0.05, 0) is 36.8 Å². The minimum atomic E-state index is -0.475. The normalized spacial score (nSPS) is 19.2. The van der Waals surface area contributed by atoms with Crippen molar-refractivity contribution in [3.05, 3.63) is 29.8 Å². The van der Waals surface area contributed by atoms with Gasteiger partial charge in [0.1, 0.15) is 0 Å². The number of benzene rings is 1. The van der Waals surface area contributed by atoms with Crippen molar-refractivity contribution >= 4 is 11.8 Å². The molecule has 0 radical (unpaired) electrons. The molecule has 1 N–H and O–H groups in total. The van der Waals surface area contributed by atoms with Crippen LogP contribution in [0, 0.1) is 0 Å². The van der Waals surface area contributed by atoms with Gasteiger partial charge >= 0.3 is 0 Å². The van der Waals surface area contributed by atoms with Crippen LogP contribution >= 0.6 is 11.8 Å². The predicted molar refractivity (Wildman–Crippen MR) is 51.4 cm³/mol. The second-order valence-corrected chi connectivity index (χ2v) is 4.14. The van der Waals surface area contributed by atoms with Crippen molar-refractivity contribution in [3.8, 4) is 0 Å². The van der Waals surface area contributed by atoms with Crippen molar-refractivity contribution in [2.75, 3.05) is 6.26 Å². The molecule has 1 fully saturated rings. The summed E-state index contributed by atoms with van der Waals surface area (Å²) in [5.74, 6) is 0. The summed E-state index contributed by atoms with van der Waals surface area (Å²) in [5, 5.41) is 9.76. The summed E-state index contributed by atoms with van der Waals surface area (Å²) in [6.07, 6.45) is 3.90. The summed E-state index contributed by atoms with van der Waals surface area (Å²) in [5.41, 5.74) is 0.594. The quantitative estimate of drug-likeness (QED) is 0.705. The van der Waals surface area contributed by atoms with Crippen molar-refractivity contribution in [3.63, 3.8) is 0 Å². The molecular weight excluding hydrogens is 168 g/mol. The van der Waals surface area contributed by atoms with Gasteiger partial charge in [0.2, 0.25) is 0 Å². The number of thioether (sulfide) groups is 1. The lowest BCUT2D eigenvalue weighted by Crippen LogP contribution is -2.02. The van der Waals surface area contributed by atoms with Crippen molar-refractivity contribution in [2.45, 2.75) is 23.3 Å². The topological polar surface area (TPSA) is 20.2 Å². The molecule has 64 valence electrons. The lowest BCUT2D eigenvalue weighted by atomic mass is 10.1. The van der Waals surface area contributed by atoms with E-state index in [-0.39, 0.29) is 0 Å². The number of aliphatic hydroxyl groups is 1. The van der Waals surface area contributed by atoms with Gasteiger partial charge in [-0.2, -0.15) is 0 Å². The Hall–Kier alpha value is -0.470. The van der Waals surface area contributed by atoms with Crippen LogP contribution in [0.1, 0.15) is 18.4 Å². The van der Waals surface area contributed by atoms with Crippen LogP contribution in [0.2, 0.25) is 0 Å². The maximum absolute atomic E-state index is 9.76. The van der Waals surface area contributed by atoms with E-state index in [9.17, 15) is 5.11 Å². The van der Waals surface area contributed by atoms with Gasteiger partial charge in [0.05, 0.1) is 5.60 Å². The first kappa shape index (κ1) is 8.14. The molecule has 1 aliphatic rings. The molecule has 0 spiro atoms. The van der Waals surface area contributed by atoms with E-state index in [4.69, 9.17) is 0 Å². The zero-order valence-electron chi connectivity index (χ0n) is 7.08. The Kier molecular flexibility index (Phi) is 1.89. The van der Waals surface area contributed by atoms with E-state index in [1.807, 2.05) is 12.1 Å². The summed E-state index contributed by atoms with van der Waals surface area (Å²) in [7, 11) is 0. The average Bonchev–Trinajstić information content (AvgIpc) is 2.85. The van der Waals surface area contributed by atoms with Gasteiger partial charge < -0.3 is 5.11 Å². The molecule has 0 heterocycles. The van der Waals surface area contributed by atoms with E-state index in [0.717, 1.165) is 18.4 Å². The fourth-order valence-electron chi connectivity index (χ4n) is 1.31. The van der Waals surface area contributed by atoms with E-state index < -0.39 is 5.60 Å². The Bertz CT molecular complexity index is 274. The zero-order valence-corrected chi connectivity index (χ0v) is 7.90. The third kappa shape index (κ3) is 1.37. The number of hydrogen-bond donors (Lipinski definition) is 1. The molecule has 1 aromatic carbocycles. The van der Waals surface area contributed by atoms with Gasteiger partial charge in [0.15, 0.2) is 0 Å². The Labute approximate surface area is 76.8 Å². The molecule has 1 aliphatic carbocycles. The van der Waals surface area contributed by atoms with E-state index in [1.165, 1.54) is 4.90 Å². The average molecular weight is 180 g/mol. The third-order valence-corrected chi connectivity index (χ3v) is 3.09. The molecule has 12 heavy (non-hydrogen) atoms. The van der Waals surface area contributed by atoms with Gasteiger partial charge in [0.25, 0.3) is 0 Å². The highest BCUT2D eigenvalue weighted by Gasteiger charge is 2.41. The van der Waals surface area contributed by atoms with Crippen LogP contribution in [0.4, 0.5) is 0 Å². The van der Waals surface area contributed by atoms with Crippen molar-refractivity contribution in [1.29, 1.82) is 0 Å². The van der Waals surface area contributed by atoms with Crippen molar-refractivity contribution < 1.29 is 5.11 Å². The Balaban J connectivity index is 2.25. The molecule has 2 rings (SSSR count). The van der Waals surface area contributed by atoms with Gasteiger partial charge in [-0.15, -0.1) is 11.8 Å². The minimum absolute atomic E-state index is 0.475. The highest BCUT2D eigenvalue weighted by molar-refractivity contribution is 7.98. The van der Waals surface area contributed by atoms with E-state index in [2.05, 4.69) is 18.4 Å². The van der Waals surface area contributed by atoms with Crippen LogP contribution in [0.5, 0.6) is 0 Å². The summed E-state index contributed by atoms with van der Waals surface area (Å²) in [4.78, 5) is 1.25.